The minimum atomic E-state index is -0.254. The molecule has 2 N–H and O–H groups in total. The number of halogens is 2. The smallest absolute Gasteiger partial charge is 0.255 e. The molecule has 0 aliphatic carbocycles. The Morgan fingerprint density at radius 2 is 1.95 bits per heavy atom. The second-order valence-corrected chi connectivity index (χ2v) is 5.33. The van der Waals surface area contributed by atoms with E-state index in [4.69, 9.17) is 0 Å². The molecular weight excluding hydrogens is 374 g/mol. The SMILES string of the molecule is O=C(Nc1ccccc1CBr)c1ccc(Br)c(O)c1. The standard InChI is InChI=1S/C14H11Br2NO2/c15-8-10-3-1-2-4-12(10)17-14(19)9-5-6-11(16)13(18)7-9/h1-7,18H,8H2,(H,17,19). The molecule has 3 nitrogen and oxygen atoms in total. The first-order chi connectivity index (χ1) is 9.11. The lowest BCUT2D eigenvalue weighted by Crippen LogP contribution is -2.12. The second-order valence-electron chi connectivity index (χ2n) is 3.91. The molecule has 0 aliphatic heterocycles. The van der Waals surface area contributed by atoms with Crippen LogP contribution in [-0.4, -0.2) is 11.0 Å². The highest BCUT2D eigenvalue weighted by molar-refractivity contribution is 9.10. The number of aromatic hydroxyl groups is 1. The van der Waals surface area contributed by atoms with Crippen LogP contribution >= 0.6 is 31.9 Å². The number of nitrogens with one attached hydrogen (secondary N) is 1. The van der Waals surface area contributed by atoms with Gasteiger partial charge in [0.1, 0.15) is 5.75 Å². The molecule has 0 unspecified atom stereocenters. The largest absolute Gasteiger partial charge is 0.507 e. The summed E-state index contributed by atoms with van der Waals surface area (Å²) >= 11 is 6.56. The van der Waals surface area contributed by atoms with Crippen LogP contribution in [-0.2, 0) is 5.33 Å². The molecule has 98 valence electrons. The zero-order chi connectivity index (χ0) is 13.8. The Balaban J connectivity index is 2.23. The van der Waals surface area contributed by atoms with E-state index in [0.717, 1.165) is 11.3 Å². The Morgan fingerprint density at radius 1 is 1.21 bits per heavy atom. The molecule has 5 heteroatoms. The highest BCUT2D eigenvalue weighted by Crippen LogP contribution is 2.25. The van der Waals surface area contributed by atoms with Gasteiger partial charge < -0.3 is 10.4 Å². The maximum absolute atomic E-state index is 12.1. The Morgan fingerprint density at radius 3 is 2.63 bits per heavy atom. The number of phenolic OH excluding ortho intramolecular Hbond substituents is 1. The summed E-state index contributed by atoms with van der Waals surface area (Å²) < 4.78 is 0.560. The van der Waals surface area contributed by atoms with Crippen LogP contribution in [0.4, 0.5) is 5.69 Å². The van der Waals surface area contributed by atoms with Crippen molar-refractivity contribution in [3.05, 3.63) is 58.1 Å². The van der Waals surface area contributed by atoms with E-state index in [1.807, 2.05) is 24.3 Å². The molecule has 0 saturated heterocycles. The van der Waals surface area contributed by atoms with Crippen LogP contribution in [0.1, 0.15) is 15.9 Å². The number of carbonyl (C=O) groups is 1. The third-order valence-electron chi connectivity index (χ3n) is 2.62. The number of amides is 1. The van der Waals surface area contributed by atoms with Crippen LogP contribution in [0.15, 0.2) is 46.9 Å². The van der Waals surface area contributed by atoms with E-state index in [0.29, 0.717) is 15.4 Å². The average molecular weight is 385 g/mol. The van der Waals surface area contributed by atoms with E-state index in [9.17, 15) is 9.90 Å². The van der Waals surface area contributed by atoms with Crippen molar-refractivity contribution in [3.8, 4) is 5.75 Å². The molecule has 19 heavy (non-hydrogen) atoms. The molecule has 2 rings (SSSR count). The molecular formula is C14H11Br2NO2. The van der Waals surface area contributed by atoms with Gasteiger partial charge in [-0.2, -0.15) is 0 Å². The average Bonchev–Trinajstić information content (AvgIpc) is 2.42. The summed E-state index contributed by atoms with van der Waals surface area (Å²) in [5.41, 5.74) is 2.16. The molecule has 0 spiro atoms. The van der Waals surface area contributed by atoms with Crippen LogP contribution in [0.2, 0.25) is 0 Å². The lowest BCUT2D eigenvalue weighted by molar-refractivity contribution is 0.102. The predicted octanol–water partition coefficient (Wildman–Crippen LogP) is 4.30. The lowest BCUT2D eigenvalue weighted by Gasteiger charge is -2.09. The first-order valence-corrected chi connectivity index (χ1v) is 7.47. The molecule has 2 aromatic rings. The minimum absolute atomic E-state index is 0.0430. The van der Waals surface area contributed by atoms with Gasteiger partial charge in [0.05, 0.1) is 4.47 Å². The number of alkyl halides is 1. The summed E-state index contributed by atoms with van der Waals surface area (Å²) in [4.78, 5) is 12.1. The summed E-state index contributed by atoms with van der Waals surface area (Å²) in [6.45, 7) is 0. The maximum atomic E-state index is 12.1. The molecule has 0 fully saturated rings. The first kappa shape index (κ1) is 14.1. The third-order valence-corrected chi connectivity index (χ3v) is 3.89. The summed E-state index contributed by atoms with van der Waals surface area (Å²) in [6, 6.07) is 12.3. The number of carbonyl (C=O) groups excluding carboxylic acids is 1. The Hall–Kier alpha value is -1.33. The number of rotatable bonds is 3. The van der Waals surface area contributed by atoms with E-state index in [1.54, 1.807) is 12.1 Å². The van der Waals surface area contributed by atoms with Crippen molar-refractivity contribution in [3.63, 3.8) is 0 Å². The van der Waals surface area contributed by atoms with Crippen LogP contribution in [0, 0.1) is 0 Å². The fourth-order valence-electron chi connectivity index (χ4n) is 1.61. The van der Waals surface area contributed by atoms with Gasteiger partial charge in [-0.25, -0.2) is 0 Å². The van der Waals surface area contributed by atoms with Gasteiger partial charge in [-0.1, -0.05) is 34.1 Å². The van der Waals surface area contributed by atoms with Crippen molar-refractivity contribution in [2.24, 2.45) is 0 Å². The highest BCUT2D eigenvalue weighted by Gasteiger charge is 2.10. The predicted molar refractivity (Wildman–Crippen MR) is 82.8 cm³/mol. The van der Waals surface area contributed by atoms with Gasteiger partial charge in [-0.15, -0.1) is 0 Å². The van der Waals surface area contributed by atoms with Gasteiger partial charge in [0.15, 0.2) is 0 Å². The van der Waals surface area contributed by atoms with E-state index in [2.05, 4.69) is 37.2 Å². The van der Waals surface area contributed by atoms with Gasteiger partial charge in [0.25, 0.3) is 5.91 Å². The third kappa shape index (κ3) is 3.36. The number of phenols is 1. The van der Waals surface area contributed by atoms with Crippen LogP contribution < -0.4 is 5.32 Å². The fraction of sp³-hybridized carbons (Fsp3) is 0.0714. The quantitative estimate of drug-likeness (QED) is 0.775. The maximum Gasteiger partial charge on any atom is 0.255 e. The summed E-state index contributed by atoms with van der Waals surface area (Å²) in [6.07, 6.45) is 0. The molecule has 0 radical (unpaired) electrons. The molecule has 0 aliphatic rings. The molecule has 0 saturated carbocycles. The number of para-hydroxylation sites is 1. The molecule has 0 heterocycles. The molecule has 0 aromatic heterocycles. The Kier molecular flexibility index (Phi) is 4.61. The Labute approximate surface area is 127 Å². The van der Waals surface area contributed by atoms with Crippen LogP contribution in [0.3, 0.4) is 0 Å². The van der Waals surface area contributed by atoms with Crippen molar-refractivity contribution in [2.75, 3.05) is 5.32 Å². The monoisotopic (exact) mass is 383 g/mol. The van der Waals surface area contributed by atoms with E-state index in [-0.39, 0.29) is 11.7 Å². The van der Waals surface area contributed by atoms with Crippen LogP contribution in [0.5, 0.6) is 5.75 Å². The molecule has 2 aromatic carbocycles. The molecule has 1 amide bonds. The molecule has 0 atom stereocenters. The van der Waals surface area contributed by atoms with Crippen molar-refractivity contribution in [2.45, 2.75) is 5.33 Å². The van der Waals surface area contributed by atoms with Gasteiger partial charge >= 0.3 is 0 Å². The van der Waals surface area contributed by atoms with E-state index in [1.165, 1.54) is 6.07 Å². The van der Waals surface area contributed by atoms with Crippen molar-refractivity contribution >= 4 is 43.5 Å². The van der Waals surface area contributed by atoms with Crippen LogP contribution in [0.25, 0.3) is 0 Å². The number of hydrogen-bond donors (Lipinski definition) is 2. The highest BCUT2D eigenvalue weighted by atomic mass is 79.9. The van der Waals surface area contributed by atoms with Crippen molar-refractivity contribution < 1.29 is 9.90 Å². The number of anilines is 1. The number of benzene rings is 2. The summed E-state index contributed by atoms with van der Waals surface area (Å²) in [7, 11) is 0. The Bertz CT molecular complexity index is 614. The fourth-order valence-corrected chi connectivity index (χ4v) is 2.34. The number of hydrogen-bond acceptors (Lipinski definition) is 2. The normalized spacial score (nSPS) is 10.2. The topological polar surface area (TPSA) is 49.3 Å². The van der Waals surface area contributed by atoms with Gasteiger partial charge in [-0.3, -0.25) is 4.79 Å². The van der Waals surface area contributed by atoms with Gasteiger partial charge in [0.2, 0.25) is 0 Å². The van der Waals surface area contributed by atoms with E-state index < -0.39 is 0 Å². The molecule has 0 bridgehead atoms. The van der Waals surface area contributed by atoms with Crippen molar-refractivity contribution in [1.29, 1.82) is 0 Å². The zero-order valence-corrected chi connectivity index (χ0v) is 13.0. The van der Waals surface area contributed by atoms with Crippen molar-refractivity contribution in [1.82, 2.24) is 0 Å². The zero-order valence-electron chi connectivity index (χ0n) is 9.86. The lowest BCUT2D eigenvalue weighted by atomic mass is 10.1. The summed E-state index contributed by atoms with van der Waals surface area (Å²) in [5.74, 6) is -0.211. The first-order valence-electron chi connectivity index (χ1n) is 5.55. The second kappa shape index (κ2) is 6.21. The van der Waals surface area contributed by atoms with E-state index >= 15 is 0 Å². The van der Waals surface area contributed by atoms with Gasteiger partial charge in [-0.05, 0) is 45.8 Å². The summed E-state index contributed by atoms with van der Waals surface area (Å²) in [5, 5.41) is 13.1. The minimum Gasteiger partial charge on any atom is -0.507 e. The van der Waals surface area contributed by atoms with Gasteiger partial charge in [0, 0.05) is 16.6 Å².